The first kappa shape index (κ1) is 26.5. The van der Waals surface area contributed by atoms with Gasteiger partial charge in [0.2, 0.25) is 5.91 Å². The molecular formula is C22H43N5O13. The highest BCUT2D eigenvalue weighted by atomic mass is 16.7. The third kappa shape index (κ3) is 7.06. The van der Waals surface area contributed by atoms with Gasteiger partial charge in [-0.05, 0) is 19.3 Å². The Kier molecular flexibility index (Phi) is 9.48. The number of hydrogen-bond donors (Lipinski definition) is 13. The Morgan fingerprint density at radius 1 is 0.925 bits per heavy atom. The van der Waals surface area contributed by atoms with Crippen LogP contribution in [0.1, 0.15) is 19.6 Å². The van der Waals surface area contributed by atoms with Crippen molar-refractivity contribution < 1.29 is 71.4 Å². The van der Waals surface area contributed by atoms with Crippen molar-refractivity contribution in [2.75, 3.05) is 19.6 Å². The quantitative estimate of drug-likeness (QED) is 0.112. The molecule has 0 spiro atoms. The molecule has 17 N–H and O–H groups in total. The van der Waals surface area contributed by atoms with Crippen molar-refractivity contribution in [3.05, 3.63) is 0 Å². The van der Waals surface area contributed by atoms with Gasteiger partial charge in [-0.3, -0.25) is 4.79 Å². The van der Waals surface area contributed by atoms with Crippen LogP contribution in [-0.2, 0) is 23.7 Å². The number of ether oxygens (including phenoxy) is 4. The van der Waals surface area contributed by atoms with E-state index < -0.39 is 130 Å². The molecule has 18 nitrogen and oxygen atoms in total. The first-order valence-corrected chi connectivity index (χ1v) is 12.5. The van der Waals surface area contributed by atoms with Gasteiger partial charge in [0, 0.05) is 18.1 Å². The number of rotatable bonds is 10. The molecule has 1 aliphatic carbocycles. The lowest BCUT2D eigenvalue weighted by atomic mass is 9.83. The van der Waals surface area contributed by atoms with E-state index in [0.29, 0.717) is 0 Å². The fourth-order valence-corrected chi connectivity index (χ4v) is 4.86. The van der Waals surface area contributed by atoms with Crippen molar-refractivity contribution in [3.63, 3.8) is 0 Å². The number of hydrogen-bond acceptors (Lipinski definition) is 17. The van der Waals surface area contributed by atoms with Crippen LogP contribution in [0.4, 0.5) is 0 Å². The first-order chi connectivity index (χ1) is 20.6. The van der Waals surface area contributed by atoms with Crippen LogP contribution in [0.3, 0.4) is 0 Å². The maximum absolute atomic E-state index is 13.0. The summed E-state index contributed by atoms with van der Waals surface area (Å²) in [5.74, 6) is -1.83. The van der Waals surface area contributed by atoms with Crippen LogP contribution >= 0.6 is 0 Å². The topological polar surface area (TPSA) is 332 Å². The van der Waals surface area contributed by atoms with Crippen molar-refractivity contribution in [1.82, 2.24) is 5.32 Å². The Bertz CT molecular complexity index is 1020. The average Bonchev–Trinajstić information content (AvgIpc) is 2.96. The van der Waals surface area contributed by atoms with Gasteiger partial charge in [-0.2, -0.15) is 0 Å². The molecule has 3 rings (SSSR count). The van der Waals surface area contributed by atoms with Crippen molar-refractivity contribution in [2.45, 2.75) is 111 Å². The maximum Gasteiger partial charge on any atom is 0.249 e. The van der Waals surface area contributed by atoms with E-state index in [9.17, 15) is 45.6 Å². The Hall–Kier alpha value is -1.17. The highest BCUT2D eigenvalue weighted by molar-refractivity contribution is 5.80. The predicted octanol–water partition coefficient (Wildman–Crippen LogP) is -8.42. The predicted molar refractivity (Wildman–Crippen MR) is 131 cm³/mol. The molecule has 2 saturated heterocycles. The lowest BCUT2D eigenvalue weighted by molar-refractivity contribution is -0.332. The number of nitrogens with one attached hydrogen (secondary N) is 1. The third-order valence-electron chi connectivity index (χ3n) is 7.16. The summed E-state index contributed by atoms with van der Waals surface area (Å²) in [6.07, 6.45) is -28.2. The van der Waals surface area contributed by atoms with Gasteiger partial charge in [-0.25, -0.2) is 0 Å². The Morgan fingerprint density at radius 2 is 1.52 bits per heavy atom. The number of carbonyl (C=O) groups excluding carboxylic acids is 1. The van der Waals surface area contributed by atoms with E-state index in [2.05, 4.69) is 5.32 Å². The normalized spacial score (nSPS) is 50.4. The molecule has 18 heteroatoms. The molecule has 1 saturated carbocycles. The van der Waals surface area contributed by atoms with E-state index in [4.69, 9.17) is 48.7 Å². The van der Waals surface area contributed by atoms with Crippen molar-refractivity contribution in [2.24, 2.45) is 22.9 Å². The maximum atomic E-state index is 13.0. The van der Waals surface area contributed by atoms with Gasteiger partial charge in [0.1, 0.15) is 67.1 Å². The standard InChI is InChI=1S/C22H43N5O13/c23-2-1-8(29)20(36)27-7-3-6(25)18(39-22-16(34)15(33)13(31)9(4-24)37-22)17(35)19(7)40-21-14(32)11(26)12(30)10(5-28)38-21/h6-19,21-22,28-35H,1-5,23-26H2,(H,27,36)/t6-,7+,8-,9+,10+,11-,12+,13+,14+,15-,16+,17-,18+,19?,21+,22+/m0/s1/i1D2,2D2,8D. The van der Waals surface area contributed by atoms with E-state index in [1.165, 1.54) is 0 Å². The monoisotopic (exact) mass is 590 g/mol. The smallest absolute Gasteiger partial charge is 0.249 e. The minimum Gasteiger partial charge on any atom is -0.394 e. The Balaban J connectivity index is 1.94. The third-order valence-corrected chi connectivity index (χ3v) is 7.16. The second-order valence-electron chi connectivity index (χ2n) is 9.82. The largest absolute Gasteiger partial charge is 0.394 e. The minimum absolute atomic E-state index is 0.316. The van der Waals surface area contributed by atoms with Crippen LogP contribution in [0, 0.1) is 0 Å². The summed E-state index contributed by atoms with van der Waals surface area (Å²) in [4.78, 5) is 13.0. The SMILES string of the molecule is [2H]C([2H])(N)C([2H])([2H])[C@]([2H])(O)C(=O)N[C@@H]1C[C@H](N)[C@@H](O[C@H]2O[C@H](CN)[C@@H](O)[C@H](O)[C@H]2O)[C@H](O)C1O[C@H]1O[C@H](CO)[C@@H](O)[C@H](N)[C@H]1O. The molecule has 2 aliphatic heterocycles. The van der Waals surface area contributed by atoms with Gasteiger partial charge in [-0.1, -0.05) is 0 Å². The van der Waals surface area contributed by atoms with Crippen LogP contribution < -0.4 is 28.3 Å². The summed E-state index contributed by atoms with van der Waals surface area (Å²) in [7, 11) is 0. The molecule has 0 aromatic heterocycles. The van der Waals surface area contributed by atoms with Gasteiger partial charge in [0.05, 0.1) is 20.1 Å². The zero-order valence-electron chi connectivity index (χ0n) is 26.2. The molecule has 40 heavy (non-hydrogen) atoms. The zero-order chi connectivity index (χ0) is 34.4. The number of nitrogens with two attached hydrogens (primary N) is 4. The molecule has 0 aromatic rings. The summed E-state index contributed by atoms with van der Waals surface area (Å²) in [6, 6.07) is -4.34. The van der Waals surface area contributed by atoms with Gasteiger partial charge < -0.3 is 88.1 Å². The lowest BCUT2D eigenvalue weighted by Gasteiger charge is -2.49. The summed E-state index contributed by atoms with van der Waals surface area (Å²) < 4.78 is 60.6. The van der Waals surface area contributed by atoms with Crippen LogP contribution in [0.2, 0.25) is 0 Å². The fraction of sp³-hybridized carbons (Fsp3) is 0.955. The number of aliphatic hydroxyl groups is 8. The second-order valence-corrected chi connectivity index (χ2v) is 9.82. The van der Waals surface area contributed by atoms with Crippen LogP contribution in [0.25, 0.3) is 0 Å². The van der Waals surface area contributed by atoms with Crippen LogP contribution in [0.15, 0.2) is 0 Å². The van der Waals surface area contributed by atoms with Crippen LogP contribution in [-0.4, -0.2) is 164 Å². The van der Waals surface area contributed by atoms with Gasteiger partial charge >= 0.3 is 0 Å². The van der Waals surface area contributed by atoms with Gasteiger partial charge in [-0.15, -0.1) is 0 Å². The molecule has 0 bridgehead atoms. The second kappa shape index (κ2) is 14.3. The summed E-state index contributed by atoms with van der Waals surface area (Å²) >= 11 is 0. The average molecular weight is 591 g/mol. The number of amides is 1. The summed E-state index contributed by atoms with van der Waals surface area (Å²) in [5, 5.41) is 85.0. The summed E-state index contributed by atoms with van der Waals surface area (Å²) in [5.41, 5.74) is 22.7. The molecule has 2 heterocycles. The fourth-order valence-electron chi connectivity index (χ4n) is 4.86. The number of aliphatic hydroxyl groups excluding tert-OH is 7. The Morgan fingerprint density at radius 3 is 2.12 bits per heavy atom. The van der Waals surface area contributed by atoms with E-state index in [-0.39, 0.29) is 6.54 Å². The molecule has 0 aromatic carbocycles. The van der Waals surface area contributed by atoms with Gasteiger partial charge in [0.25, 0.3) is 0 Å². The lowest BCUT2D eigenvalue weighted by Crippen LogP contribution is -2.69. The molecule has 1 unspecified atom stereocenters. The Labute approximate surface area is 236 Å². The van der Waals surface area contributed by atoms with E-state index in [1.54, 1.807) is 0 Å². The highest BCUT2D eigenvalue weighted by Gasteiger charge is 2.52. The van der Waals surface area contributed by atoms with E-state index in [1.807, 2.05) is 0 Å². The highest BCUT2D eigenvalue weighted by Crippen LogP contribution is 2.32. The molecule has 16 atom stereocenters. The van der Waals surface area contributed by atoms with Crippen molar-refractivity contribution >= 4 is 5.91 Å². The first-order valence-electron chi connectivity index (χ1n) is 15.0. The minimum atomic E-state index is -3.86. The van der Waals surface area contributed by atoms with Crippen molar-refractivity contribution in [1.29, 1.82) is 0 Å². The number of carbonyl (C=O) groups is 1. The van der Waals surface area contributed by atoms with Gasteiger partial charge in [0.15, 0.2) is 12.6 Å². The molecule has 3 aliphatic rings. The molecule has 0 radical (unpaired) electrons. The molecule has 1 amide bonds. The van der Waals surface area contributed by atoms with E-state index in [0.717, 1.165) is 0 Å². The molecular weight excluding hydrogens is 542 g/mol. The van der Waals surface area contributed by atoms with Crippen LogP contribution in [0.5, 0.6) is 0 Å². The van der Waals surface area contributed by atoms with Crippen molar-refractivity contribution in [3.8, 4) is 0 Å². The molecule has 234 valence electrons. The summed E-state index contributed by atoms with van der Waals surface area (Å²) in [6.45, 7) is -4.50. The molecule has 3 fully saturated rings. The van der Waals surface area contributed by atoms with E-state index >= 15 is 0 Å². The zero-order valence-corrected chi connectivity index (χ0v) is 21.2.